The second-order valence-corrected chi connectivity index (χ2v) is 5.78. The van der Waals surface area contributed by atoms with Crippen molar-refractivity contribution < 1.29 is 9.47 Å². The van der Waals surface area contributed by atoms with Gasteiger partial charge in [-0.15, -0.1) is 0 Å². The van der Waals surface area contributed by atoms with Crippen LogP contribution in [0.15, 0.2) is 34.4 Å². The van der Waals surface area contributed by atoms with Crippen LogP contribution in [0.1, 0.15) is 12.0 Å². The number of hydrogen-bond acceptors (Lipinski definition) is 5. The molecule has 0 spiro atoms. The molecule has 20 heavy (non-hydrogen) atoms. The van der Waals surface area contributed by atoms with Crippen molar-refractivity contribution in [2.24, 2.45) is 0 Å². The third-order valence-electron chi connectivity index (χ3n) is 2.91. The maximum Gasteiger partial charge on any atom is 0.162 e. The molecule has 1 aliphatic rings. The van der Waals surface area contributed by atoms with E-state index in [1.165, 1.54) is 18.1 Å². The molecule has 1 aromatic heterocycles. The predicted octanol–water partition coefficient (Wildman–Crippen LogP) is 3.75. The minimum atomic E-state index is 0.483. The number of halogens is 1. The molecule has 0 saturated carbocycles. The van der Waals surface area contributed by atoms with E-state index in [0.717, 1.165) is 33.4 Å². The molecule has 6 heteroatoms. The highest BCUT2D eigenvalue weighted by Crippen LogP contribution is 2.37. The van der Waals surface area contributed by atoms with Gasteiger partial charge in [0.15, 0.2) is 11.5 Å². The van der Waals surface area contributed by atoms with Gasteiger partial charge >= 0.3 is 0 Å². The quantitative estimate of drug-likeness (QED) is 0.791. The smallest absolute Gasteiger partial charge is 0.162 e. The molecule has 0 unspecified atom stereocenters. The van der Waals surface area contributed by atoms with Gasteiger partial charge in [-0.2, -0.15) is 0 Å². The standard InChI is InChI=1S/C14H13ClN2O2S/c1-9-13(15)16-8-17-14(9)20-10-3-4-11-12(7-10)19-6-2-5-18-11/h3-4,7-8H,2,5-6H2,1H3. The first-order valence-corrected chi connectivity index (χ1v) is 7.48. The highest BCUT2D eigenvalue weighted by molar-refractivity contribution is 7.99. The van der Waals surface area contributed by atoms with E-state index >= 15 is 0 Å². The SMILES string of the molecule is Cc1c(Cl)ncnc1Sc1ccc2c(c1)OCCCO2. The van der Waals surface area contributed by atoms with E-state index in [0.29, 0.717) is 18.4 Å². The monoisotopic (exact) mass is 308 g/mol. The largest absolute Gasteiger partial charge is 0.490 e. The first kappa shape index (κ1) is 13.5. The van der Waals surface area contributed by atoms with Gasteiger partial charge in [0.1, 0.15) is 16.5 Å². The Hall–Kier alpha value is -1.46. The Morgan fingerprint density at radius 1 is 1.15 bits per heavy atom. The Bertz CT molecular complexity index is 637. The van der Waals surface area contributed by atoms with Gasteiger partial charge < -0.3 is 9.47 Å². The summed E-state index contributed by atoms with van der Waals surface area (Å²) in [5.41, 5.74) is 0.881. The highest BCUT2D eigenvalue weighted by atomic mass is 35.5. The molecular weight excluding hydrogens is 296 g/mol. The Morgan fingerprint density at radius 2 is 1.95 bits per heavy atom. The lowest BCUT2D eigenvalue weighted by Gasteiger charge is -2.09. The summed E-state index contributed by atoms with van der Waals surface area (Å²) in [6.45, 7) is 3.29. The molecule has 0 fully saturated rings. The van der Waals surface area contributed by atoms with E-state index in [4.69, 9.17) is 21.1 Å². The van der Waals surface area contributed by atoms with Crippen molar-refractivity contribution in [1.29, 1.82) is 0 Å². The van der Waals surface area contributed by atoms with E-state index in [2.05, 4.69) is 9.97 Å². The maximum absolute atomic E-state index is 6.01. The van der Waals surface area contributed by atoms with Gasteiger partial charge in [-0.25, -0.2) is 9.97 Å². The first-order chi connectivity index (χ1) is 9.74. The molecule has 0 aliphatic carbocycles. The Balaban J connectivity index is 1.88. The van der Waals surface area contributed by atoms with Crippen LogP contribution in [0.2, 0.25) is 5.15 Å². The van der Waals surface area contributed by atoms with E-state index < -0.39 is 0 Å². The fraction of sp³-hybridized carbons (Fsp3) is 0.286. The van der Waals surface area contributed by atoms with Crippen LogP contribution in [0.3, 0.4) is 0 Å². The van der Waals surface area contributed by atoms with Crippen LogP contribution in [0, 0.1) is 6.92 Å². The minimum Gasteiger partial charge on any atom is -0.490 e. The molecule has 1 aromatic carbocycles. The molecule has 0 amide bonds. The molecule has 4 nitrogen and oxygen atoms in total. The van der Waals surface area contributed by atoms with Crippen molar-refractivity contribution in [2.75, 3.05) is 13.2 Å². The number of benzene rings is 1. The van der Waals surface area contributed by atoms with Crippen LogP contribution in [0.5, 0.6) is 11.5 Å². The van der Waals surface area contributed by atoms with Crippen molar-refractivity contribution in [3.63, 3.8) is 0 Å². The number of nitrogens with zero attached hydrogens (tertiary/aromatic N) is 2. The summed E-state index contributed by atoms with van der Waals surface area (Å²) in [5, 5.41) is 1.33. The normalized spacial score (nSPS) is 13.9. The average molecular weight is 309 g/mol. The summed E-state index contributed by atoms with van der Waals surface area (Å²) in [7, 11) is 0. The number of hydrogen-bond donors (Lipinski definition) is 0. The zero-order chi connectivity index (χ0) is 13.9. The topological polar surface area (TPSA) is 44.2 Å². The second-order valence-electron chi connectivity index (χ2n) is 4.36. The maximum atomic E-state index is 6.01. The molecule has 0 N–H and O–H groups in total. The zero-order valence-corrected chi connectivity index (χ0v) is 12.5. The number of rotatable bonds is 2. The molecule has 2 aromatic rings. The summed E-state index contributed by atoms with van der Waals surface area (Å²) in [5.74, 6) is 1.58. The van der Waals surface area contributed by atoms with Gasteiger partial charge in [0.05, 0.1) is 13.2 Å². The van der Waals surface area contributed by atoms with Crippen LogP contribution in [0.25, 0.3) is 0 Å². The summed E-state index contributed by atoms with van der Waals surface area (Å²) in [6, 6.07) is 5.90. The lowest BCUT2D eigenvalue weighted by atomic mass is 10.3. The number of ether oxygens (including phenoxy) is 2. The van der Waals surface area contributed by atoms with Gasteiger partial charge in [-0.1, -0.05) is 23.4 Å². The van der Waals surface area contributed by atoms with Gasteiger partial charge in [0, 0.05) is 16.9 Å². The summed E-state index contributed by atoms with van der Waals surface area (Å²) < 4.78 is 11.3. The summed E-state index contributed by atoms with van der Waals surface area (Å²) >= 11 is 7.54. The van der Waals surface area contributed by atoms with Gasteiger partial charge in [-0.05, 0) is 25.1 Å². The first-order valence-electron chi connectivity index (χ1n) is 6.28. The number of fused-ring (bicyclic) bond motifs is 1. The van der Waals surface area contributed by atoms with Crippen molar-refractivity contribution in [3.8, 4) is 11.5 Å². The lowest BCUT2D eigenvalue weighted by molar-refractivity contribution is 0.297. The molecule has 0 saturated heterocycles. The van der Waals surface area contributed by atoms with E-state index in [9.17, 15) is 0 Å². The molecule has 0 radical (unpaired) electrons. The Morgan fingerprint density at radius 3 is 2.80 bits per heavy atom. The van der Waals surface area contributed by atoms with Crippen molar-refractivity contribution in [2.45, 2.75) is 23.3 Å². The lowest BCUT2D eigenvalue weighted by Crippen LogP contribution is -1.97. The van der Waals surface area contributed by atoms with Gasteiger partial charge in [-0.3, -0.25) is 0 Å². The van der Waals surface area contributed by atoms with E-state index in [1.54, 1.807) is 0 Å². The van der Waals surface area contributed by atoms with Gasteiger partial charge in [0.25, 0.3) is 0 Å². The van der Waals surface area contributed by atoms with E-state index in [-0.39, 0.29) is 0 Å². The van der Waals surface area contributed by atoms with Crippen molar-refractivity contribution in [3.05, 3.63) is 35.2 Å². The summed E-state index contributed by atoms with van der Waals surface area (Å²) in [4.78, 5) is 9.25. The van der Waals surface area contributed by atoms with Crippen LogP contribution in [-0.2, 0) is 0 Å². The third kappa shape index (κ3) is 2.83. The summed E-state index contributed by atoms with van der Waals surface area (Å²) in [6.07, 6.45) is 2.37. The molecular formula is C14H13ClN2O2S. The molecule has 3 rings (SSSR count). The Labute approximate surface area is 126 Å². The average Bonchev–Trinajstić information content (AvgIpc) is 2.69. The number of aromatic nitrogens is 2. The zero-order valence-electron chi connectivity index (χ0n) is 10.9. The molecule has 1 aliphatic heterocycles. The fourth-order valence-electron chi connectivity index (χ4n) is 1.84. The molecule has 0 atom stereocenters. The molecule has 104 valence electrons. The second kappa shape index (κ2) is 5.89. The van der Waals surface area contributed by atoms with Crippen LogP contribution in [-0.4, -0.2) is 23.2 Å². The van der Waals surface area contributed by atoms with Gasteiger partial charge in [0.2, 0.25) is 0 Å². The third-order valence-corrected chi connectivity index (χ3v) is 4.39. The molecule has 2 heterocycles. The van der Waals surface area contributed by atoms with Crippen LogP contribution >= 0.6 is 23.4 Å². The van der Waals surface area contributed by atoms with Crippen LogP contribution in [0.4, 0.5) is 0 Å². The predicted molar refractivity (Wildman–Crippen MR) is 78.0 cm³/mol. The van der Waals surface area contributed by atoms with Crippen molar-refractivity contribution >= 4 is 23.4 Å². The van der Waals surface area contributed by atoms with Crippen molar-refractivity contribution in [1.82, 2.24) is 9.97 Å². The van der Waals surface area contributed by atoms with Crippen LogP contribution < -0.4 is 9.47 Å². The van der Waals surface area contributed by atoms with E-state index in [1.807, 2.05) is 25.1 Å². The highest BCUT2D eigenvalue weighted by Gasteiger charge is 2.13. The fourth-order valence-corrected chi connectivity index (χ4v) is 2.90. The molecule has 0 bridgehead atoms. The minimum absolute atomic E-state index is 0.483. The Kier molecular flexibility index (Phi) is 3.98.